The quantitative estimate of drug-likeness (QED) is 0.708. The molecule has 0 heterocycles. The van der Waals surface area contributed by atoms with Crippen LogP contribution in [0.4, 0.5) is 0 Å². The Kier molecular flexibility index (Phi) is 5.15. The SMILES string of the molecule is CCC(Oc1ccc(C(C)C)cc1)C(=O)c1ccccc1. The fourth-order valence-electron chi connectivity index (χ4n) is 2.21. The van der Waals surface area contributed by atoms with E-state index in [-0.39, 0.29) is 5.78 Å². The average molecular weight is 282 g/mol. The summed E-state index contributed by atoms with van der Waals surface area (Å²) in [5, 5.41) is 0. The van der Waals surface area contributed by atoms with Crippen molar-refractivity contribution in [3.63, 3.8) is 0 Å². The van der Waals surface area contributed by atoms with Crippen molar-refractivity contribution in [3.8, 4) is 5.75 Å². The summed E-state index contributed by atoms with van der Waals surface area (Å²) in [6.07, 6.45) is 0.219. The maximum atomic E-state index is 12.4. The van der Waals surface area contributed by atoms with Crippen LogP contribution in [0.3, 0.4) is 0 Å². The number of carbonyl (C=O) groups is 1. The summed E-state index contributed by atoms with van der Waals surface area (Å²) in [5.41, 5.74) is 1.97. The molecule has 2 aromatic rings. The van der Waals surface area contributed by atoms with Crippen molar-refractivity contribution in [2.24, 2.45) is 0 Å². The van der Waals surface area contributed by atoms with Crippen LogP contribution in [0.2, 0.25) is 0 Å². The lowest BCUT2D eigenvalue weighted by Crippen LogP contribution is -2.26. The maximum Gasteiger partial charge on any atom is 0.203 e. The van der Waals surface area contributed by atoms with Crippen LogP contribution in [0, 0.1) is 0 Å². The van der Waals surface area contributed by atoms with Gasteiger partial charge in [0.05, 0.1) is 0 Å². The van der Waals surface area contributed by atoms with E-state index in [0.717, 1.165) is 5.75 Å². The maximum absolute atomic E-state index is 12.4. The third kappa shape index (κ3) is 3.94. The van der Waals surface area contributed by atoms with Gasteiger partial charge >= 0.3 is 0 Å². The highest BCUT2D eigenvalue weighted by Gasteiger charge is 2.19. The number of ether oxygens (including phenoxy) is 1. The van der Waals surface area contributed by atoms with Gasteiger partial charge in [0.2, 0.25) is 5.78 Å². The summed E-state index contributed by atoms with van der Waals surface area (Å²) in [4.78, 5) is 12.4. The molecule has 0 saturated carbocycles. The molecule has 0 bridgehead atoms. The lowest BCUT2D eigenvalue weighted by molar-refractivity contribution is 0.0786. The average Bonchev–Trinajstić information content (AvgIpc) is 2.53. The molecule has 0 aliphatic heterocycles. The van der Waals surface area contributed by atoms with Gasteiger partial charge in [-0.2, -0.15) is 0 Å². The Labute approximate surface area is 126 Å². The van der Waals surface area contributed by atoms with Gasteiger partial charge in [-0.3, -0.25) is 4.79 Å². The number of carbonyl (C=O) groups excluding carboxylic acids is 1. The van der Waals surface area contributed by atoms with Gasteiger partial charge in [0.1, 0.15) is 5.75 Å². The number of rotatable bonds is 6. The van der Waals surface area contributed by atoms with Gasteiger partial charge in [0.15, 0.2) is 6.10 Å². The molecule has 0 saturated heterocycles. The Bertz CT molecular complexity index is 570. The van der Waals surface area contributed by atoms with Crippen LogP contribution in [0.1, 0.15) is 49.0 Å². The normalized spacial score (nSPS) is 12.2. The monoisotopic (exact) mass is 282 g/mol. The fourth-order valence-corrected chi connectivity index (χ4v) is 2.21. The molecule has 0 aliphatic rings. The Morgan fingerprint density at radius 1 is 1.00 bits per heavy atom. The van der Waals surface area contributed by atoms with Crippen molar-refractivity contribution in [2.75, 3.05) is 0 Å². The number of Topliss-reactive ketones (excluding diaryl/α,β-unsaturated/α-hetero) is 1. The molecule has 110 valence electrons. The first-order valence-corrected chi connectivity index (χ1v) is 7.47. The predicted molar refractivity (Wildman–Crippen MR) is 86.0 cm³/mol. The first-order valence-electron chi connectivity index (χ1n) is 7.47. The second-order valence-corrected chi connectivity index (χ2v) is 5.47. The standard InChI is InChI=1S/C19H22O2/c1-4-18(19(20)16-8-6-5-7-9-16)21-17-12-10-15(11-13-17)14(2)3/h5-14,18H,4H2,1-3H3. The third-order valence-corrected chi connectivity index (χ3v) is 3.55. The summed E-state index contributed by atoms with van der Waals surface area (Å²) in [6.45, 7) is 6.28. The Morgan fingerprint density at radius 3 is 2.14 bits per heavy atom. The van der Waals surface area contributed by atoms with E-state index in [2.05, 4.69) is 26.0 Å². The lowest BCUT2D eigenvalue weighted by Gasteiger charge is -2.17. The minimum Gasteiger partial charge on any atom is -0.482 e. The van der Waals surface area contributed by atoms with Gasteiger partial charge in [0, 0.05) is 5.56 Å². The molecule has 0 aromatic heterocycles. The zero-order valence-electron chi connectivity index (χ0n) is 12.9. The molecule has 1 unspecified atom stereocenters. The topological polar surface area (TPSA) is 26.3 Å². The molecule has 1 atom stereocenters. The van der Waals surface area contributed by atoms with Gasteiger partial charge in [-0.1, -0.05) is 63.2 Å². The van der Waals surface area contributed by atoms with Crippen LogP contribution in [-0.4, -0.2) is 11.9 Å². The van der Waals surface area contributed by atoms with E-state index in [1.807, 2.05) is 49.4 Å². The zero-order chi connectivity index (χ0) is 15.2. The predicted octanol–water partition coefficient (Wildman–Crippen LogP) is 4.85. The van der Waals surface area contributed by atoms with Crippen molar-refractivity contribution in [2.45, 2.75) is 39.2 Å². The van der Waals surface area contributed by atoms with Crippen LogP contribution in [0.25, 0.3) is 0 Å². The number of benzene rings is 2. The van der Waals surface area contributed by atoms with E-state index in [9.17, 15) is 4.79 Å². The first kappa shape index (κ1) is 15.3. The molecule has 0 amide bonds. The molecule has 21 heavy (non-hydrogen) atoms. The number of hydrogen-bond donors (Lipinski definition) is 0. The molecule has 2 aromatic carbocycles. The molecule has 2 nitrogen and oxygen atoms in total. The van der Waals surface area contributed by atoms with Crippen LogP contribution in [-0.2, 0) is 0 Å². The molecule has 2 rings (SSSR count). The van der Waals surface area contributed by atoms with Gasteiger partial charge in [0.25, 0.3) is 0 Å². The van der Waals surface area contributed by atoms with Crippen LogP contribution < -0.4 is 4.74 Å². The van der Waals surface area contributed by atoms with Crippen molar-refractivity contribution < 1.29 is 9.53 Å². The van der Waals surface area contributed by atoms with Crippen molar-refractivity contribution in [1.82, 2.24) is 0 Å². The molecule has 0 fully saturated rings. The smallest absolute Gasteiger partial charge is 0.203 e. The van der Waals surface area contributed by atoms with E-state index in [4.69, 9.17) is 4.74 Å². The summed E-state index contributed by atoms with van der Waals surface area (Å²) in [5.74, 6) is 1.27. The second kappa shape index (κ2) is 7.07. The highest BCUT2D eigenvalue weighted by atomic mass is 16.5. The number of hydrogen-bond acceptors (Lipinski definition) is 2. The Balaban J connectivity index is 2.10. The van der Waals surface area contributed by atoms with E-state index < -0.39 is 6.10 Å². The van der Waals surface area contributed by atoms with E-state index in [1.165, 1.54) is 5.56 Å². The Morgan fingerprint density at radius 2 is 1.62 bits per heavy atom. The van der Waals surface area contributed by atoms with E-state index in [0.29, 0.717) is 17.9 Å². The fraction of sp³-hybridized carbons (Fsp3) is 0.316. The van der Waals surface area contributed by atoms with Gasteiger partial charge < -0.3 is 4.74 Å². The van der Waals surface area contributed by atoms with Crippen LogP contribution in [0.5, 0.6) is 5.75 Å². The first-order chi connectivity index (χ1) is 10.1. The largest absolute Gasteiger partial charge is 0.482 e. The van der Waals surface area contributed by atoms with Crippen molar-refractivity contribution in [1.29, 1.82) is 0 Å². The van der Waals surface area contributed by atoms with Crippen LogP contribution >= 0.6 is 0 Å². The van der Waals surface area contributed by atoms with Crippen molar-refractivity contribution in [3.05, 3.63) is 65.7 Å². The van der Waals surface area contributed by atoms with Gasteiger partial charge in [-0.05, 0) is 30.0 Å². The summed E-state index contributed by atoms with van der Waals surface area (Å²) >= 11 is 0. The van der Waals surface area contributed by atoms with E-state index in [1.54, 1.807) is 0 Å². The molecule has 0 spiro atoms. The molecule has 2 heteroatoms. The minimum absolute atomic E-state index is 0.0334. The highest BCUT2D eigenvalue weighted by molar-refractivity contribution is 5.99. The van der Waals surface area contributed by atoms with Crippen LogP contribution in [0.15, 0.2) is 54.6 Å². The van der Waals surface area contributed by atoms with Gasteiger partial charge in [-0.25, -0.2) is 0 Å². The zero-order valence-corrected chi connectivity index (χ0v) is 12.9. The highest BCUT2D eigenvalue weighted by Crippen LogP contribution is 2.21. The molecule has 0 aliphatic carbocycles. The third-order valence-electron chi connectivity index (χ3n) is 3.55. The second-order valence-electron chi connectivity index (χ2n) is 5.47. The lowest BCUT2D eigenvalue weighted by atomic mass is 10.0. The summed E-state index contributed by atoms with van der Waals surface area (Å²) in [6, 6.07) is 17.3. The summed E-state index contributed by atoms with van der Waals surface area (Å²) < 4.78 is 5.87. The number of ketones is 1. The van der Waals surface area contributed by atoms with E-state index >= 15 is 0 Å². The Hall–Kier alpha value is -2.09. The molecule has 0 N–H and O–H groups in total. The molecular formula is C19H22O2. The van der Waals surface area contributed by atoms with Crippen molar-refractivity contribution >= 4 is 5.78 Å². The minimum atomic E-state index is -0.433. The summed E-state index contributed by atoms with van der Waals surface area (Å²) in [7, 11) is 0. The molecular weight excluding hydrogens is 260 g/mol. The van der Waals surface area contributed by atoms with Gasteiger partial charge in [-0.15, -0.1) is 0 Å². The molecule has 0 radical (unpaired) electrons.